The second-order valence-electron chi connectivity index (χ2n) is 6.29. The first-order valence-corrected chi connectivity index (χ1v) is 9.30. The Morgan fingerprint density at radius 3 is 1.90 bits per heavy atom. The molecular formula is C23H24O8. The van der Waals surface area contributed by atoms with E-state index < -0.39 is 18.0 Å². The third-order valence-corrected chi connectivity index (χ3v) is 3.96. The highest BCUT2D eigenvalue weighted by Crippen LogP contribution is 2.27. The van der Waals surface area contributed by atoms with Crippen molar-refractivity contribution < 1.29 is 38.7 Å². The van der Waals surface area contributed by atoms with E-state index in [9.17, 15) is 19.8 Å². The first kappa shape index (κ1) is 23.5. The number of aromatic hydroxyl groups is 1. The van der Waals surface area contributed by atoms with Crippen molar-refractivity contribution in [3.63, 3.8) is 0 Å². The maximum Gasteiger partial charge on any atom is 0.330 e. The summed E-state index contributed by atoms with van der Waals surface area (Å²) in [7, 11) is 3.04. The van der Waals surface area contributed by atoms with Gasteiger partial charge in [0.2, 0.25) is 0 Å². The molecule has 2 aromatic rings. The van der Waals surface area contributed by atoms with Gasteiger partial charge in [-0.05, 0) is 47.5 Å². The van der Waals surface area contributed by atoms with Crippen LogP contribution in [0.1, 0.15) is 11.1 Å². The van der Waals surface area contributed by atoms with Crippen molar-refractivity contribution in [2.45, 2.75) is 6.10 Å². The van der Waals surface area contributed by atoms with Crippen LogP contribution in [-0.4, -0.2) is 55.7 Å². The van der Waals surface area contributed by atoms with E-state index >= 15 is 0 Å². The molecule has 0 fully saturated rings. The van der Waals surface area contributed by atoms with Crippen molar-refractivity contribution in [3.8, 4) is 17.2 Å². The monoisotopic (exact) mass is 428 g/mol. The zero-order chi connectivity index (χ0) is 22.6. The molecule has 0 aliphatic rings. The number of carbonyl (C=O) groups is 2. The third-order valence-electron chi connectivity index (χ3n) is 3.96. The molecular weight excluding hydrogens is 404 g/mol. The zero-order valence-corrected chi connectivity index (χ0v) is 17.2. The first-order valence-electron chi connectivity index (χ1n) is 9.30. The van der Waals surface area contributed by atoms with Crippen molar-refractivity contribution in [3.05, 3.63) is 65.7 Å². The molecule has 2 aromatic carbocycles. The molecule has 2 rings (SSSR count). The Hall–Kier alpha value is -3.78. The highest BCUT2D eigenvalue weighted by molar-refractivity contribution is 5.87. The van der Waals surface area contributed by atoms with Crippen molar-refractivity contribution in [2.75, 3.05) is 27.4 Å². The summed E-state index contributed by atoms with van der Waals surface area (Å²) in [5, 5.41) is 19.0. The number of hydrogen-bond acceptors (Lipinski definition) is 8. The molecule has 0 saturated heterocycles. The van der Waals surface area contributed by atoms with Gasteiger partial charge in [-0.3, -0.25) is 0 Å². The maximum absolute atomic E-state index is 11.8. The van der Waals surface area contributed by atoms with Crippen LogP contribution in [0.3, 0.4) is 0 Å². The van der Waals surface area contributed by atoms with E-state index in [-0.39, 0.29) is 19.0 Å². The SMILES string of the molecule is COc1ccc(C=CC(=O)OC[C@H](O)COC(=O)C=Cc2ccc(O)cc2)cc1OC. The van der Waals surface area contributed by atoms with Gasteiger partial charge in [-0.15, -0.1) is 0 Å². The molecule has 0 radical (unpaired) electrons. The average molecular weight is 428 g/mol. The lowest BCUT2D eigenvalue weighted by atomic mass is 10.2. The van der Waals surface area contributed by atoms with Crippen LogP contribution in [-0.2, 0) is 19.1 Å². The van der Waals surface area contributed by atoms with Gasteiger partial charge in [0.05, 0.1) is 14.2 Å². The molecule has 0 aromatic heterocycles. The summed E-state index contributed by atoms with van der Waals surface area (Å²) in [4.78, 5) is 23.5. The Bertz CT molecular complexity index is 931. The summed E-state index contributed by atoms with van der Waals surface area (Å²) < 4.78 is 20.2. The average Bonchev–Trinajstić information content (AvgIpc) is 2.79. The van der Waals surface area contributed by atoms with Crippen LogP contribution in [0, 0.1) is 0 Å². The van der Waals surface area contributed by atoms with Gasteiger partial charge in [0, 0.05) is 12.2 Å². The fraction of sp³-hybridized carbons (Fsp3) is 0.217. The van der Waals surface area contributed by atoms with Crippen LogP contribution in [0.25, 0.3) is 12.2 Å². The highest BCUT2D eigenvalue weighted by atomic mass is 16.6. The Morgan fingerprint density at radius 2 is 1.35 bits per heavy atom. The minimum absolute atomic E-state index is 0.121. The maximum atomic E-state index is 11.8. The van der Waals surface area contributed by atoms with Crippen LogP contribution < -0.4 is 9.47 Å². The lowest BCUT2D eigenvalue weighted by Crippen LogP contribution is -2.24. The molecule has 0 spiro atoms. The number of phenolic OH excluding ortho intramolecular Hbond substituents is 1. The van der Waals surface area contributed by atoms with Gasteiger partial charge >= 0.3 is 11.9 Å². The molecule has 8 heteroatoms. The van der Waals surface area contributed by atoms with E-state index in [2.05, 4.69) is 0 Å². The van der Waals surface area contributed by atoms with E-state index in [4.69, 9.17) is 18.9 Å². The second kappa shape index (κ2) is 12.0. The lowest BCUT2D eigenvalue weighted by molar-refractivity contribution is -0.146. The van der Waals surface area contributed by atoms with E-state index in [0.717, 1.165) is 0 Å². The highest BCUT2D eigenvalue weighted by Gasteiger charge is 2.10. The molecule has 31 heavy (non-hydrogen) atoms. The summed E-state index contributed by atoms with van der Waals surface area (Å²) >= 11 is 0. The fourth-order valence-corrected chi connectivity index (χ4v) is 2.37. The number of aliphatic hydroxyl groups excluding tert-OH is 1. The quantitative estimate of drug-likeness (QED) is 0.439. The number of aliphatic hydroxyl groups is 1. The van der Waals surface area contributed by atoms with Crippen LogP contribution in [0.5, 0.6) is 17.2 Å². The van der Waals surface area contributed by atoms with E-state index in [1.807, 2.05) is 0 Å². The third kappa shape index (κ3) is 8.23. The normalized spacial score (nSPS) is 12.0. The number of carbonyl (C=O) groups excluding carboxylic acids is 2. The van der Waals surface area contributed by atoms with Gasteiger partial charge in [-0.2, -0.15) is 0 Å². The Labute approximate surface area is 179 Å². The zero-order valence-electron chi connectivity index (χ0n) is 17.2. The predicted molar refractivity (Wildman–Crippen MR) is 114 cm³/mol. The number of benzene rings is 2. The predicted octanol–water partition coefficient (Wildman–Crippen LogP) is 2.58. The minimum atomic E-state index is -1.16. The molecule has 0 aliphatic carbocycles. The summed E-state index contributed by atoms with van der Waals surface area (Å²) in [6.07, 6.45) is 4.28. The molecule has 8 nitrogen and oxygen atoms in total. The van der Waals surface area contributed by atoms with Gasteiger partial charge in [0.25, 0.3) is 0 Å². The van der Waals surface area contributed by atoms with Gasteiger partial charge in [0.1, 0.15) is 25.1 Å². The number of ether oxygens (including phenoxy) is 4. The van der Waals surface area contributed by atoms with Crippen LogP contribution >= 0.6 is 0 Å². The number of phenols is 1. The molecule has 0 amide bonds. The molecule has 0 unspecified atom stereocenters. The molecule has 164 valence electrons. The van der Waals surface area contributed by atoms with Crippen molar-refractivity contribution >= 4 is 24.1 Å². The number of esters is 2. The molecule has 0 bridgehead atoms. The van der Waals surface area contributed by atoms with Gasteiger partial charge in [-0.1, -0.05) is 18.2 Å². The summed E-state index contributed by atoms with van der Waals surface area (Å²) in [5.41, 5.74) is 1.40. The smallest absolute Gasteiger partial charge is 0.330 e. The van der Waals surface area contributed by atoms with E-state index in [1.165, 1.54) is 50.7 Å². The largest absolute Gasteiger partial charge is 0.508 e. The van der Waals surface area contributed by atoms with Gasteiger partial charge in [0.15, 0.2) is 11.5 Å². The fourth-order valence-electron chi connectivity index (χ4n) is 2.37. The number of rotatable bonds is 10. The molecule has 1 atom stereocenters. The summed E-state index contributed by atoms with van der Waals surface area (Å²) in [5.74, 6) is -0.109. The minimum Gasteiger partial charge on any atom is -0.508 e. The Morgan fingerprint density at radius 1 is 0.839 bits per heavy atom. The van der Waals surface area contributed by atoms with Crippen molar-refractivity contribution in [1.82, 2.24) is 0 Å². The van der Waals surface area contributed by atoms with Crippen LogP contribution in [0.4, 0.5) is 0 Å². The first-order chi connectivity index (χ1) is 14.9. The van der Waals surface area contributed by atoms with Crippen LogP contribution in [0.15, 0.2) is 54.6 Å². The van der Waals surface area contributed by atoms with E-state index in [1.54, 1.807) is 30.3 Å². The van der Waals surface area contributed by atoms with E-state index in [0.29, 0.717) is 22.6 Å². The molecule has 2 N–H and O–H groups in total. The van der Waals surface area contributed by atoms with Crippen molar-refractivity contribution in [1.29, 1.82) is 0 Å². The van der Waals surface area contributed by atoms with Gasteiger partial charge < -0.3 is 29.2 Å². The Kier molecular flexibility index (Phi) is 9.13. The summed E-state index contributed by atoms with van der Waals surface area (Å²) in [6.45, 7) is -0.657. The molecule has 0 saturated carbocycles. The van der Waals surface area contributed by atoms with Crippen molar-refractivity contribution in [2.24, 2.45) is 0 Å². The number of methoxy groups -OCH3 is 2. The standard InChI is InChI=1S/C23H24O8/c1-28-20-10-5-17(13-21(20)29-2)7-12-23(27)31-15-19(25)14-30-22(26)11-6-16-3-8-18(24)9-4-16/h3-13,19,24-25H,14-15H2,1-2H3/t19-/m1/s1. The Balaban J connectivity index is 1.73. The lowest BCUT2D eigenvalue weighted by Gasteiger charge is -2.10. The molecule has 0 aliphatic heterocycles. The topological polar surface area (TPSA) is 112 Å². The van der Waals surface area contributed by atoms with Gasteiger partial charge in [-0.25, -0.2) is 9.59 Å². The van der Waals surface area contributed by atoms with Crippen LogP contribution in [0.2, 0.25) is 0 Å². The molecule has 0 heterocycles. The number of hydrogen-bond donors (Lipinski definition) is 2. The second-order valence-corrected chi connectivity index (χ2v) is 6.29. The summed E-state index contributed by atoms with van der Waals surface area (Å²) in [6, 6.07) is 11.4.